The largest absolute Gasteiger partial charge is 0.490 e. The van der Waals surface area contributed by atoms with Gasteiger partial charge in [-0.3, -0.25) is 9.69 Å². The SMILES string of the molecule is COC(=O)C1CN(Cc2ccc3c(OC4CCC(c5ccccc5)CC4)cccc3c2)C1. The predicted molar refractivity (Wildman–Crippen MR) is 127 cm³/mol. The Morgan fingerprint density at radius 3 is 2.47 bits per heavy atom. The first-order valence-corrected chi connectivity index (χ1v) is 11.7. The van der Waals surface area contributed by atoms with Crippen LogP contribution in [0.1, 0.15) is 42.7 Å². The van der Waals surface area contributed by atoms with Crippen molar-refractivity contribution in [1.29, 1.82) is 0 Å². The number of ether oxygens (including phenoxy) is 2. The van der Waals surface area contributed by atoms with E-state index in [0.717, 1.165) is 38.2 Å². The van der Waals surface area contributed by atoms with Gasteiger partial charge in [-0.1, -0.05) is 54.6 Å². The molecule has 0 spiro atoms. The van der Waals surface area contributed by atoms with Crippen molar-refractivity contribution in [2.75, 3.05) is 20.2 Å². The lowest BCUT2D eigenvalue weighted by molar-refractivity contribution is -0.151. The van der Waals surface area contributed by atoms with Gasteiger partial charge < -0.3 is 9.47 Å². The summed E-state index contributed by atoms with van der Waals surface area (Å²) >= 11 is 0. The van der Waals surface area contributed by atoms with Crippen LogP contribution >= 0.6 is 0 Å². The summed E-state index contributed by atoms with van der Waals surface area (Å²) in [6.45, 7) is 2.41. The Morgan fingerprint density at radius 2 is 1.72 bits per heavy atom. The highest BCUT2D eigenvalue weighted by molar-refractivity contribution is 5.88. The first-order valence-electron chi connectivity index (χ1n) is 11.7. The van der Waals surface area contributed by atoms with Crippen molar-refractivity contribution in [3.05, 3.63) is 77.9 Å². The number of nitrogens with zero attached hydrogens (tertiary/aromatic N) is 1. The highest BCUT2D eigenvalue weighted by Crippen LogP contribution is 2.36. The molecule has 0 atom stereocenters. The molecule has 1 saturated heterocycles. The monoisotopic (exact) mass is 429 g/mol. The number of fused-ring (bicyclic) bond motifs is 1. The van der Waals surface area contributed by atoms with Crippen molar-refractivity contribution >= 4 is 16.7 Å². The molecule has 5 rings (SSSR count). The second kappa shape index (κ2) is 9.33. The van der Waals surface area contributed by atoms with Gasteiger partial charge in [0.15, 0.2) is 0 Å². The number of hydrogen-bond donors (Lipinski definition) is 0. The molecule has 32 heavy (non-hydrogen) atoms. The van der Waals surface area contributed by atoms with Crippen LogP contribution in [0.3, 0.4) is 0 Å². The van der Waals surface area contributed by atoms with Crippen LogP contribution in [-0.2, 0) is 16.1 Å². The maximum absolute atomic E-state index is 11.6. The number of benzene rings is 3. The van der Waals surface area contributed by atoms with Crippen molar-refractivity contribution in [2.45, 2.75) is 44.2 Å². The quantitative estimate of drug-likeness (QED) is 0.482. The highest BCUT2D eigenvalue weighted by Gasteiger charge is 2.33. The van der Waals surface area contributed by atoms with E-state index in [1.54, 1.807) is 0 Å². The topological polar surface area (TPSA) is 38.8 Å². The van der Waals surface area contributed by atoms with E-state index in [2.05, 4.69) is 71.6 Å². The molecular formula is C28H31NO3. The second-order valence-corrected chi connectivity index (χ2v) is 9.23. The van der Waals surface area contributed by atoms with Gasteiger partial charge in [-0.05, 0) is 60.2 Å². The van der Waals surface area contributed by atoms with Gasteiger partial charge in [-0.25, -0.2) is 0 Å². The summed E-state index contributed by atoms with van der Waals surface area (Å²) in [7, 11) is 1.46. The van der Waals surface area contributed by atoms with Gasteiger partial charge in [0.1, 0.15) is 5.75 Å². The second-order valence-electron chi connectivity index (χ2n) is 9.23. The van der Waals surface area contributed by atoms with Crippen LogP contribution in [0.5, 0.6) is 5.75 Å². The molecule has 166 valence electrons. The fourth-order valence-electron chi connectivity index (χ4n) is 5.20. The van der Waals surface area contributed by atoms with E-state index in [9.17, 15) is 4.79 Å². The Balaban J connectivity index is 1.20. The number of rotatable bonds is 6. The van der Waals surface area contributed by atoms with Crippen molar-refractivity contribution in [2.24, 2.45) is 5.92 Å². The minimum absolute atomic E-state index is 0.0254. The summed E-state index contributed by atoms with van der Waals surface area (Å²) in [5.74, 6) is 1.58. The van der Waals surface area contributed by atoms with E-state index in [4.69, 9.17) is 9.47 Å². The van der Waals surface area contributed by atoms with Crippen LogP contribution in [0.15, 0.2) is 66.7 Å². The van der Waals surface area contributed by atoms with Crippen LogP contribution in [0.25, 0.3) is 10.8 Å². The van der Waals surface area contributed by atoms with E-state index in [-0.39, 0.29) is 18.0 Å². The third-order valence-corrected chi connectivity index (χ3v) is 7.04. The lowest BCUT2D eigenvalue weighted by atomic mass is 9.83. The minimum Gasteiger partial charge on any atom is -0.490 e. The fraction of sp³-hybridized carbons (Fsp3) is 0.393. The molecule has 3 aromatic carbocycles. The molecule has 0 amide bonds. The Morgan fingerprint density at radius 1 is 0.938 bits per heavy atom. The number of carbonyl (C=O) groups excluding carboxylic acids is 1. The first kappa shape index (κ1) is 21.0. The van der Waals surface area contributed by atoms with E-state index >= 15 is 0 Å². The average molecular weight is 430 g/mol. The smallest absolute Gasteiger partial charge is 0.311 e. The van der Waals surface area contributed by atoms with E-state index < -0.39 is 0 Å². The number of methoxy groups -OCH3 is 1. The molecule has 1 heterocycles. The summed E-state index contributed by atoms with van der Waals surface area (Å²) in [5, 5.41) is 2.39. The Hall–Kier alpha value is -2.85. The van der Waals surface area contributed by atoms with Crippen LogP contribution in [0.4, 0.5) is 0 Å². The van der Waals surface area contributed by atoms with Crippen molar-refractivity contribution in [3.8, 4) is 5.75 Å². The van der Waals surface area contributed by atoms with Gasteiger partial charge in [0.25, 0.3) is 0 Å². The number of likely N-dealkylation sites (tertiary alicyclic amines) is 1. The standard InChI is InChI=1S/C28H31NO3/c1-31-28(30)24-18-29(19-24)17-20-10-15-26-23(16-20)8-5-9-27(26)32-25-13-11-22(12-14-25)21-6-3-2-4-7-21/h2-10,15-16,22,24-25H,11-14,17-19H2,1H3. The number of carbonyl (C=O) groups is 1. The zero-order chi connectivity index (χ0) is 21.9. The molecule has 0 unspecified atom stereocenters. The molecule has 1 saturated carbocycles. The summed E-state index contributed by atoms with van der Waals surface area (Å²) in [5.41, 5.74) is 2.73. The normalized spacial score (nSPS) is 21.8. The molecule has 0 aromatic heterocycles. The average Bonchev–Trinajstić information content (AvgIpc) is 2.82. The summed E-state index contributed by atoms with van der Waals surface area (Å²) in [4.78, 5) is 13.9. The van der Waals surface area contributed by atoms with Gasteiger partial charge in [-0.2, -0.15) is 0 Å². The molecular weight excluding hydrogens is 398 g/mol. The molecule has 0 bridgehead atoms. The van der Waals surface area contributed by atoms with Gasteiger partial charge in [0, 0.05) is 25.0 Å². The summed E-state index contributed by atoms with van der Waals surface area (Å²) in [6, 6.07) is 23.9. The van der Waals surface area contributed by atoms with Gasteiger partial charge >= 0.3 is 5.97 Å². The third-order valence-electron chi connectivity index (χ3n) is 7.04. The molecule has 1 aliphatic heterocycles. The van der Waals surface area contributed by atoms with E-state index in [1.165, 1.54) is 41.9 Å². The zero-order valence-electron chi connectivity index (χ0n) is 18.7. The Kier molecular flexibility index (Phi) is 6.13. The summed E-state index contributed by atoms with van der Waals surface area (Å²) in [6.07, 6.45) is 4.86. The lowest BCUT2D eigenvalue weighted by Gasteiger charge is -2.37. The summed E-state index contributed by atoms with van der Waals surface area (Å²) < 4.78 is 11.3. The number of hydrogen-bond acceptors (Lipinski definition) is 4. The first-order chi connectivity index (χ1) is 15.7. The molecule has 2 aliphatic rings. The Labute approximate surface area is 190 Å². The minimum atomic E-state index is -0.0978. The fourth-order valence-corrected chi connectivity index (χ4v) is 5.20. The van der Waals surface area contributed by atoms with Gasteiger partial charge in [0.2, 0.25) is 0 Å². The van der Waals surface area contributed by atoms with Crippen LogP contribution in [0.2, 0.25) is 0 Å². The van der Waals surface area contributed by atoms with Gasteiger partial charge in [-0.15, -0.1) is 0 Å². The van der Waals surface area contributed by atoms with Crippen molar-refractivity contribution < 1.29 is 14.3 Å². The molecule has 0 N–H and O–H groups in total. The predicted octanol–water partition coefficient (Wildman–Crippen LogP) is 5.55. The molecule has 3 aromatic rings. The molecule has 1 aliphatic carbocycles. The lowest BCUT2D eigenvalue weighted by Crippen LogP contribution is -2.49. The molecule has 4 heteroatoms. The third kappa shape index (κ3) is 4.51. The van der Waals surface area contributed by atoms with Crippen LogP contribution in [0, 0.1) is 5.92 Å². The maximum atomic E-state index is 11.6. The molecule has 2 fully saturated rings. The number of esters is 1. The van der Waals surface area contributed by atoms with Crippen LogP contribution < -0.4 is 4.74 Å². The maximum Gasteiger partial charge on any atom is 0.311 e. The zero-order valence-corrected chi connectivity index (χ0v) is 18.7. The van der Waals surface area contributed by atoms with E-state index in [0.29, 0.717) is 5.92 Å². The highest BCUT2D eigenvalue weighted by atomic mass is 16.5. The van der Waals surface area contributed by atoms with Gasteiger partial charge in [0.05, 0.1) is 19.1 Å². The van der Waals surface area contributed by atoms with E-state index in [1.807, 2.05) is 0 Å². The van der Waals surface area contributed by atoms with Crippen molar-refractivity contribution in [3.63, 3.8) is 0 Å². The van der Waals surface area contributed by atoms with Crippen molar-refractivity contribution in [1.82, 2.24) is 4.90 Å². The van der Waals surface area contributed by atoms with Crippen LogP contribution in [-0.4, -0.2) is 37.2 Å². The molecule has 4 nitrogen and oxygen atoms in total. The molecule has 0 radical (unpaired) electrons. The Bertz CT molecular complexity index is 1070.